The molecule has 1 aromatic rings. The smallest absolute Gasteiger partial charge is 0.119 e. The van der Waals surface area contributed by atoms with Crippen LogP contribution >= 0.6 is 0 Å². The van der Waals surface area contributed by atoms with Gasteiger partial charge in [-0.3, -0.25) is 0 Å². The molecule has 2 nitrogen and oxygen atoms in total. The molecule has 0 spiro atoms. The summed E-state index contributed by atoms with van der Waals surface area (Å²) in [5, 5.41) is 13.1. The van der Waals surface area contributed by atoms with E-state index < -0.39 is 0 Å². The highest BCUT2D eigenvalue weighted by Gasteiger charge is 2.06. The number of hydrogen-bond donors (Lipinski definition) is 2. The Labute approximate surface area is 105 Å². The van der Waals surface area contributed by atoms with Crippen molar-refractivity contribution in [1.29, 1.82) is 0 Å². The van der Waals surface area contributed by atoms with Crippen LogP contribution in [0.1, 0.15) is 42.9 Å². The van der Waals surface area contributed by atoms with Crippen molar-refractivity contribution in [2.75, 3.05) is 13.6 Å². The predicted octanol–water partition coefficient (Wildman–Crippen LogP) is 3.20. The fourth-order valence-corrected chi connectivity index (χ4v) is 2.09. The quantitative estimate of drug-likeness (QED) is 0.711. The monoisotopic (exact) mass is 235 g/mol. The number of hydrogen-bond acceptors (Lipinski definition) is 2. The van der Waals surface area contributed by atoms with E-state index in [9.17, 15) is 5.11 Å². The van der Waals surface area contributed by atoms with Crippen LogP contribution in [0, 0.1) is 6.92 Å². The topological polar surface area (TPSA) is 32.3 Å². The summed E-state index contributed by atoms with van der Waals surface area (Å²) in [6, 6.07) is 4.09. The van der Waals surface area contributed by atoms with E-state index >= 15 is 0 Å². The molecule has 0 unspecified atom stereocenters. The second-order valence-electron chi connectivity index (χ2n) is 4.72. The van der Waals surface area contributed by atoms with Crippen LogP contribution in [-0.2, 0) is 12.8 Å². The van der Waals surface area contributed by atoms with Crippen molar-refractivity contribution < 1.29 is 5.11 Å². The fraction of sp³-hybridized carbons (Fsp3) is 0.600. The van der Waals surface area contributed by atoms with Crippen LogP contribution in [0.25, 0.3) is 0 Å². The summed E-state index contributed by atoms with van der Waals surface area (Å²) in [5.74, 6) is 0.470. The first-order chi connectivity index (χ1) is 8.19. The molecule has 0 saturated heterocycles. The third-order valence-electron chi connectivity index (χ3n) is 3.23. The van der Waals surface area contributed by atoms with Gasteiger partial charge in [-0.05, 0) is 62.5 Å². The van der Waals surface area contributed by atoms with E-state index in [1.54, 1.807) is 0 Å². The van der Waals surface area contributed by atoms with Gasteiger partial charge in [0.2, 0.25) is 0 Å². The first-order valence-electron chi connectivity index (χ1n) is 6.65. The molecule has 96 valence electrons. The summed E-state index contributed by atoms with van der Waals surface area (Å²) in [4.78, 5) is 0. The van der Waals surface area contributed by atoms with E-state index in [2.05, 4.69) is 25.2 Å². The van der Waals surface area contributed by atoms with Gasteiger partial charge in [0.15, 0.2) is 0 Å². The molecule has 0 saturated carbocycles. The van der Waals surface area contributed by atoms with Crippen molar-refractivity contribution in [2.45, 2.75) is 46.0 Å². The molecule has 0 bridgehead atoms. The summed E-state index contributed by atoms with van der Waals surface area (Å²) < 4.78 is 0. The molecule has 0 heterocycles. The number of phenolic OH excluding ortho intramolecular Hbond substituents is 1. The SMILES string of the molecule is CCCCCc1cc(C)c(CCNC)cc1O. The van der Waals surface area contributed by atoms with Crippen LogP contribution in [0.4, 0.5) is 0 Å². The highest BCUT2D eigenvalue weighted by Crippen LogP contribution is 2.24. The number of likely N-dealkylation sites (N-methyl/N-ethyl adjacent to an activating group) is 1. The normalized spacial score (nSPS) is 10.8. The highest BCUT2D eigenvalue weighted by molar-refractivity contribution is 5.41. The summed E-state index contributed by atoms with van der Waals surface area (Å²) in [5.41, 5.74) is 3.64. The number of nitrogens with one attached hydrogen (secondary N) is 1. The molecule has 1 rings (SSSR count). The van der Waals surface area contributed by atoms with Gasteiger partial charge >= 0.3 is 0 Å². The largest absolute Gasteiger partial charge is 0.508 e. The van der Waals surface area contributed by atoms with Crippen molar-refractivity contribution in [1.82, 2.24) is 5.32 Å². The molecular weight excluding hydrogens is 210 g/mol. The number of aryl methyl sites for hydroxylation is 2. The number of rotatable bonds is 7. The Hall–Kier alpha value is -1.02. The molecule has 0 aromatic heterocycles. The van der Waals surface area contributed by atoms with Crippen LogP contribution < -0.4 is 5.32 Å². The summed E-state index contributed by atoms with van der Waals surface area (Å²) in [6.45, 7) is 5.29. The molecular formula is C15H25NO. The molecule has 0 radical (unpaired) electrons. The van der Waals surface area contributed by atoms with Crippen LogP contribution in [0.5, 0.6) is 5.75 Å². The maximum absolute atomic E-state index is 9.99. The molecule has 0 fully saturated rings. The van der Waals surface area contributed by atoms with Gasteiger partial charge in [0.25, 0.3) is 0 Å². The predicted molar refractivity (Wildman–Crippen MR) is 73.7 cm³/mol. The zero-order chi connectivity index (χ0) is 12.7. The van der Waals surface area contributed by atoms with Gasteiger partial charge in [0.1, 0.15) is 5.75 Å². The lowest BCUT2D eigenvalue weighted by Crippen LogP contribution is -2.11. The van der Waals surface area contributed by atoms with E-state index in [1.807, 2.05) is 13.1 Å². The Morgan fingerprint density at radius 1 is 1.12 bits per heavy atom. The molecule has 0 atom stereocenters. The van der Waals surface area contributed by atoms with Gasteiger partial charge in [0, 0.05) is 0 Å². The average molecular weight is 235 g/mol. The van der Waals surface area contributed by atoms with Gasteiger partial charge in [0.05, 0.1) is 0 Å². The van der Waals surface area contributed by atoms with Crippen molar-refractivity contribution >= 4 is 0 Å². The zero-order valence-electron chi connectivity index (χ0n) is 11.3. The number of aromatic hydroxyl groups is 1. The summed E-state index contributed by atoms with van der Waals surface area (Å²) in [7, 11) is 1.95. The third kappa shape index (κ3) is 4.39. The molecule has 0 aliphatic carbocycles. The maximum atomic E-state index is 9.99. The van der Waals surface area contributed by atoms with E-state index in [1.165, 1.54) is 30.4 Å². The van der Waals surface area contributed by atoms with E-state index in [0.29, 0.717) is 5.75 Å². The maximum Gasteiger partial charge on any atom is 0.119 e. The van der Waals surface area contributed by atoms with Crippen molar-refractivity contribution in [3.05, 3.63) is 28.8 Å². The Bertz CT molecular complexity index is 347. The Morgan fingerprint density at radius 2 is 1.88 bits per heavy atom. The van der Waals surface area contributed by atoms with Crippen molar-refractivity contribution in [2.24, 2.45) is 0 Å². The number of benzene rings is 1. The molecule has 1 aromatic carbocycles. The number of phenols is 1. The van der Waals surface area contributed by atoms with Gasteiger partial charge < -0.3 is 10.4 Å². The Balaban J connectivity index is 2.71. The van der Waals surface area contributed by atoms with Gasteiger partial charge in [-0.15, -0.1) is 0 Å². The van der Waals surface area contributed by atoms with Gasteiger partial charge in [-0.1, -0.05) is 25.8 Å². The lowest BCUT2D eigenvalue weighted by atomic mass is 9.98. The average Bonchev–Trinajstić information content (AvgIpc) is 2.31. The minimum atomic E-state index is 0.470. The number of unbranched alkanes of at least 4 members (excludes halogenated alkanes) is 2. The lowest BCUT2D eigenvalue weighted by Gasteiger charge is -2.11. The van der Waals surface area contributed by atoms with Crippen LogP contribution in [0.3, 0.4) is 0 Å². The van der Waals surface area contributed by atoms with Crippen LogP contribution in [0.15, 0.2) is 12.1 Å². The molecule has 17 heavy (non-hydrogen) atoms. The highest BCUT2D eigenvalue weighted by atomic mass is 16.3. The third-order valence-corrected chi connectivity index (χ3v) is 3.23. The standard InChI is InChI=1S/C15H25NO/c1-4-5-6-7-14-10-12(2)13(8-9-16-3)11-15(14)17/h10-11,16-17H,4-9H2,1-3H3. The second-order valence-corrected chi connectivity index (χ2v) is 4.72. The minimum absolute atomic E-state index is 0.470. The molecule has 0 amide bonds. The van der Waals surface area contributed by atoms with Crippen LogP contribution in [0.2, 0.25) is 0 Å². The molecule has 0 aliphatic heterocycles. The van der Waals surface area contributed by atoms with E-state index in [-0.39, 0.29) is 0 Å². The lowest BCUT2D eigenvalue weighted by molar-refractivity contribution is 0.465. The molecule has 2 heteroatoms. The van der Waals surface area contributed by atoms with Gasteiger partial charge in [-0.25, -0.2) is 0 Å². The fourth-order valence-electron chi connectivity index (χ4n) is 2.09. The minimum Gasteiger partial charge on any atom is -0.508 e. The zero-order valence-corrected chi connectivity index (χ0v) is 11.3. The van der Waals surface area contributed by atoms with Crippen LogP contribution in [-0.4, -0.2) is 18.7 Å². The second kappa shape index (κ2) is 7.33. The van der Waals surface area contributed by atoms with Gasteiger partial charge in [-0.2, -0.15) is 0 Å². The van der Waals surface area contributed by atoms with E-state index in [0.717, 1.165) is 24.9 Å². The summed E-state index contributed by atoms with van der Waals surface area (Å²) >= 11 is 0. The molecule has 2 N–H and O–H groups in total. The first kappa shape index (κ1) is 14.0. The Morgan fingerprint density at radius 3 is 2.53 bits per heavy atom. The Kier molecular flexibility index (Phi) is 6.06. The molecule has 0 aliphatic rings. The van der Waals surface area contributed by atoms with Crippen molar-refractivity contribution in [3.63, 3.8) is 0 Å². The van der Waals surface area contributed by atoms with Crippen molar-refractivity contribution in [3.8, 4) is 5.75 Å². The first-order valence-corrected chi connectivity index (χ1v) is 6.65. The van der Waals surface area contributed by atoms with E-state index in [4.69, 9.17) is 0 Å². The summed E-state index contributed by atoms with van der Waals surface area (Å²) in [6.07, 6.45) is 5.59.